The van der Waals surface area contributed by atoms with E-state index in [1.807, 2.05) is 36.4 Å². The quantitative estimate of drug-likeness (QED) is 0.825. The molecule has 1 aliphatic heterocycles. The predicted octanol–water partition coefficient (Wildman–Crippen LogP) is 3.67. The summed E-state index contributed by atoms with van der Waals surface area (Å²) in [5, 5.41) is 11.7. The molecule has 1 heterocycles. The number of hydroxylamine groups is 2. The molecule has 0 saturated carbocycles. The number of hydrogen-bond acceptors (Lipinski definition) is 4. The Hall–Kier alpha value is -2.24. The number of nitrogens with zero attached hydrogens (tertiary/aromatic N) is 1. The van der Waals surface area contributed by atoms with E-state index in [9.17, 15) is 10.0 Å². The molecule has 2 atom stereocenters. The van der Waals surface area contributed by atoms with Gasteiger partial charge in [-0.1, -0.05) is 35.9 Å². The van der Waals surface area contributed by atoms with Gasteiger partial charge in [0.25, 0.3) is 0 Å². The minimum Gasteiger partial charge on any atom is -0.493 e. The van der Waals surface area contributed by atoms with Gasteiger partial charge in [-0.2, -0.15) is 0 Å². The molecular weight excluding hydrogens is 342 g/mol. The van der Waals surface area contributed by atoms with Gasteiger partial charge in [0.05, 0.1) is 20.3 Å². The van der Waals surface area contributed by atoms with Crippen LogP contribution in [-0.2, 0) is 11.2 Å². The molecule has 1 amide bonds. The zero-order valence-corrected chi connectivity index (χ0v) is 14.9. The summed E-state index contributed by atoms with van der Waals surface area (Å²) in [5.41, 5.74) is 1.81. The monoisotopic (exact) mass is 361 g/mol. The smallest absolute Gasteiger partial charge is 0.246 e. The van der Waals surface area contributed by atoms with E-state index in [1.165, 1.54) is 0 Å². The molecule has 1 saturated heterocycles. The van der Waals surface area contributed by atoms with E-state index < -0.39 is 0 Å². The fourth-order valence-corrected chi connectivity index (χ4v) is 3.53. The number of carbonyl (C=O) groups is 1. The first-order valence-corrected chi connectivity index (χ1v) is 8.39. The summed E-state index contributed by atoms with van der Waals surface area (Å²) in [5.74, 6) is 0.768. The summed E-state index contributed by atoms with van der Waals surface area (Å²) in [6, 6.07) is 12.6. The van der Waals surface area contributed by atoms with Crippen LogP contribution in [0.15, 0.2) is 42.5 Å². The molecule has 0 aromatic heterocycles. The van der Waals surface area contributed by atoms with Gasteiger partial charge in [0, 0.05) is 17.4 Å². The summed E-state index contributed by atoms with van der Waals surface area (Å²) >= 11 is 6.25. The highest BCUT2D eigenvalue weighted by molar-refractivity contribution is 6.31. The molecule has 25 heavy (non-hydrogen) atoms. The SMILES string of the molecule is COc1ccc(C2CC(=O)N(O)C2Cc2ccccc2Cl)cc1OC. The Kier molecular flexibility index (Phi) is 5.16. The molecule has 2 aromatic rings. The van der Waals surface area contributed by atoms with E-state index in [0.717, 1.165) is 16.2 Å². The first kappa shape index (κ1) is 17.6. The Labute approximate surface area is 151 Å². The van der Waals surface area contributed by atoms with E-state index in [2.05, 4.69) is 0 Å². The molecule has 0 radical (unpaired) electrons. The zero-order valence-electron chi connectivity index (χ0n) is 14.1. The van der Waals surface area contributed by atoms with Crippen LogP contribution >= 0.6 is 11.6 Å². The van der Waals surface area contributed by atoms with Crippen molar-refractivity contribution in [2.45, 2.75) is 24.8 Å². The number of benzene rings is 2. The van der Waals surface area contributed by atoms with Crippen LogP contribution in [0.5, 0.6) is 11.5 Å². The van der Waals surface area contributed by atoms with Crippen molar-refractivity contribution in [2.24, 2.45) is 0 Å². The van der Waals surface area contributed by atoms with Gasteiger partial charge in [0.2, 0.25) is 5.91 Å². The van der Waals surface area contributed by atoms with Gasteiger partial charge in [-0.3, -0.25) is 10.0 Å². The third-order valence-corrected chi connectivity index (χ3v) is 5.02. The Morgan fingerprint density at radius 1 is 1.16 bits per heavy atom. The van der Waals surface area contributed by atoms with Crippen molar-refractivity contribution in [3.63, 3.8) is 0 Å². The summed E-state index contributed by atoms with van der Waals surface area (Å²) in [4.78, 5) is 12.1. The molecule has 0 aliphatic carbocycles. The first-order valence-electron chi connectivity index (χ1n) is 8.01. The number of rotatable bonds is 5. The lowest BCUT2D eigenvalue weighted by Gasteiger charge is -2.24. The topological polar surface area (TPSA) is 59.0 Å². The normalized spacial score (nSPS) is 20.0. The highest BCUT2D eigenvalue weighted by Crippen LogP contribution is 2.39. The minimum atomic E-state index is -0.384. The second-order valence-corrected chi connectivity index (χ2v) is 6.43. The van der Waals surface area contributed by atoms with Crippen LogP contribution in [0.25, 0.3) is 0 Å². The fraction of sp³-hybridized carbons (Fsp3) is 0.316. The molecule has 0 spiro atoms. The average molecular weight is 362 g/mol. The Morgan fingerprint density at radius 2 is 1.88 bits per heavy atom. The van der Waals surface area contributed by atoms with Crippen molar-refractivity contribution < 1.29 is 19.5 Å². The second-order valence-electron chi connectivity index (χ2n) is 6.03. The lowest BCUT2D eigenvalue weighted by Crippen LogP contribution is -2.33. The number of methoxy groups -OCH3 is 2. The van der Waals surface area contributed by atoms with Crippen molar-refractivity contribution in [3.8, 4) is 11.5 Å². The lowest BCUT2D eigenvalue weighted by molar-refractivity contribution is -0.165. The number of ether oxygens (including phenoxy) is 2. The van der Waals surface area contributed by atoms with Crippen molar-refractivity contribution in [1.29, 1.82) is 0 Å². The van der Waals surface area contributed by atoms with Gasteiger partial charge < -0.3 is 9.47 Å². The molecule has 1 aliphatic rings. The molecule has 2 unspecified atom stereocenters. The molecule has 132 valence electrons. The standard InChI is InChI=1S/C19H20ClNO4/c1-24-17-8-7-12(10-18(17)25-2)14-11-19(22)21(23)16(14)9-13-5-3-4-6-15(13)20/h3-8,10,14,16,23H,9,11H2,1-2H3. The summed E-state index contributed by atoms with van der Waals surface area (Å²) < 4.78 is 10.6. The molecule has 6 heteroatoms. The molecule has 0 bridgehead atoms. The molecular formula is C19H20ClNO4. The predicted molar refractivity (Wildman–Crippen MR) is 94.5 cm³/mol. The molecule has 5 nitrogen and oxygen atoms in total. The first-order chi connectivity index (χ1) is 12.0. The maximum Gasteiger partial charge on any atom is 0.246 e. The summed E-state index contributed by atoms with van der Waals surface area (Å²) in [7, 11) is 3.15. The van der Waals surface area contributed by atoms with Gasteiger partial charge in [-0.15, -0.1) is 0 Å². The van der Waals surface area contributed by atoms with Crippen LogP contribution in [-0.4, -0.2) is 36.4 Å². The molecule has 1 N–H and O–H groups in total. The van der Waals surface area contributed by atoms with E-state index in [-0.39, 0.29) is 24.3 Å². The number of amides is 1. The van der Waals surface area contributed by atoms with Crippen LogP contribution in [0.4, 0.5) is 0 Å². The Morgan fingerprint density at radius 3 is 2.56 bits per heavy atom. The van der Waals surface area contributed by atoms with E-state index in [0.29, 0.717) is 22.9 Å². The van der Waals surface area contributed by atoms with Crippen molar-refractivity contribution in [2.75, 3.05) is 14.2 Å². The maximum atomic E-state index is 12.1. The van der Waals surface area contributed by atoms with E-state index in [1.54, 1.807) is 20.3 Å². The van der Waals surface area contributed by atoms with Crippen molar-refractivity contribution in [1.82, 2.24) is 5.06 Å². The van der Waals surface area contributed by atoms with Gasteiger partial charge >= 0.3 is 0 Å². The van der Waals surface area contributed by atoms with E-state index >= 15 is 0 Å². The van der Waals surface area contributed by atoms with Crippen LogP contribution in [0, 0.1) is 0 Å². The van der Waals surface area contributed by atoms with Crippen LogP contribution in [0.3, 0.4) is 0 Å². The third kappa shape index (κ3) is 3.43. The molecule has 2 aromatic carbocycles. The lowest BCUT2D eigenvalue weighted by atomic mass is 9.88. The maximum absolute atomic E-state index is 12.1. The van der Waals surface area contributed by atoms with Crippen molar-refractivity contribution in [3.05, 3.63) is 58.6 Å². The number of halogens is 1. The minimum absolute atomic E-state index is 0.159. The third-order valence-electron chi connectivity index (χ3n) is 4.65. The van der Waals surface area contributed by atoms with Gasteiger partial charge in [-0.25, -0.2) is 5.06 Å². The van der Waals surface area contributed by atoms with Gasteiger partial charge in [0.15, 0.2) is 11.5 Å². The van der Waals surface area contributed by atoms with Crippen molar-refractivity contribution >= 4 is 17.5 Å². The zero-order chi connectivity index (χ0) is 18.0. The highest BCUT2D eigenvalue weighted by Gasteiger charge is 2.40. The Balaban J connectivity index is 1.93. The second kappa shape index (κ2) is 7.33. The van der Waals surface area contributed by atoms with Gasteiger partial charge in [0.1, 0.15) is 0 Å². The van der Waals surface area contributed by atoms with E-state index in [4.69, 9.17) is 21.1 Å². The Bertz CT molecular complexity index is 780. The molecule has 3 rings (SSSR count). The number of hydrogen-bond donors (Lipinski definition) is 1. The van der Waals surface area contributed by atoms with Crippen LogP contribution in [0.2, 0.25) is 5.02 Å². The van der Waals surface area contributed by atoms with Crippen LogP contribution < -0.4 is 9.47 Å². The van der Waals surface area contributed by atoms with Crippen LogP contribution in [0.1, 0.15) is 23.5 Å². The number of carbonyl (C=O) groups excluding carboxylic acids is 1. The largest absolute Gasteiger partial charge is 0.493 e. The molecule has 1 fully saturated rings. The summed E-state index contributed by atoms with van der Waals surface area (Å²) in [6.07, 6.45) is 0.710. The highest BCUT2D eigenvalue weighted by atomic mass is 35.5. The van der Waals surface area contributed by atoms with Gasteiger partial charge in [-0.05, 0) is 35.7 Å². The fourth-order valence-electron chi connectivity index (χ4n) is 3.31. The summed E-state index contributed by atoms with van der Waals surface area (Å²) in [6.45, 7) is 0. The average Bonchev–Trinajstić information content (AvgIpc) is 2.91.